The summed E-state index contributed by atoms with van der Waals surface area (Å²) in [6.07, 6.45) is 0.939. The largest absolute Gasteiger partial charge is 0.507 e. The van der Waals surface area contributed by atoms with Gasteiger partial charge in [-0.3, -0.25) is 9.44 Å². The smallest absolute Gasteiger partial charge is 0.341 e. The third kappa shape index (κ3) is 5.04. The quantitative estimate of drug-likeness (QED) is 0.558. The molecule has 28 heavy (non-hydrogen) atoms. The fraction of sp³-hybridized carbons (Fsp3) is 0.188. The van der Waals surface area contributed by atoms with Crippen molar-refractivity contribution in [2.75, 3.05) is 29.9 Å². The molecule has 0 saturated carbocycles. The average Bonchev–Trinajstić information content (AvgIpc) is 2.60. The molecule has 0 unspecified atom stereocenters. The molecule has 12 heteroatoms. The molecule has 10 nitrogen and oxygen atoms in total. The molecule has 0 aliphatic rings. The van der Waals surface area contributed by atoms with Gasteiger partial charge in [-0.05, 0) is 36.4 Å². The Morgan fingerprint density at radius 2 is 1.68 bits per heavy atom. The second kappa shape index (κ2) is 7.94. The zero-order chi connectivity index (χ0) is 21.1. The van der Waals surface area contributed by atoms with E-state index in [0.29, 0.717) is 0 Å². The first-order chi connectivity index (χ1) is 13.0. The predicted octanol–water partition coefficient (Wildman–Crippen LogP) is 1.36. The highest BCUT2D eigenvalue weighted by Crippen LogP contribution is 2.30. The van der Waals surface area contributed by atoms with E-state index in [4.69, 9.17) is 4.74 Å². The van der Waals surface area contributed by atoms with Gasteiger partial charge in [-0.25, -0.2) is 21.6 Å². The van der Waals surface area contributed by atoms with Gasteiger partial charge in [0.05, 0.1) is 36.7 Å². The van der Waals surface area contributed by atoms with Crippen molar-refractivity contribution in [3.63, 3.8) is 0 Å². The van der Waals surface area contributed by atoms with Crippen LogP contribution in [0.1, 0.15) is 10.4 Å². The van der Waals surface area contributed by atoms with Gasteiger partial charge >= 0.3 is 5.97 Å². The van der Waals surface area contributed by atoms with Crippen LogP contribution in [0.15, 0.2) is 41.3 Å². The molecule has 0 heterocycles. The number of phenolic OH excluding ortho intramolecular Hbond substituents is 1. The van der Waals surface area contributed by atoms with Gasteiger partial charge in [0.2, 0.25) is 10.0 Å². The fourth-order valence-electron chi connectivity index (χ4n) is 2.22. The molecule has 2 aromatic carbocycles. The van der Waals surface area contributed by atoms with E-state index in [2.05, 4.69) is 14.2 Å². The second-order valence-corrected chi connectivity index (χ2v) is 9.00. The van der Waals surface area contributed by atoms with Crippen molar-refractivity contribution < 1.29 is 36.2 Å². The highest BCUT2D eigenvalue weighted by atomic mass is 32.2. The Morgan fingerprint density at radius 3 is 2.25 bits per heavy atom. The highest BCUT2D eigenvalue weighted by Gasteiger charge is 2.20. The van der Waals surface area contributed by atoms with Crippen molar-refractivity contribution in [2.45, 2.75) is 4.90 Å². The molecule has 152 valence electrons. The normalized spacial score (nSPS) is 11.5. The van der Waals surface area contributed by atoms with Crippen LogP contribution in [-0.4, -0.2) is 48.4 Å². The lowest BCUT2D eigenvalue weighted by Gasteiger charge is -2.14. The zero-order valence-corrected chi connectivity index (χ0v) is 16.7. The monoisotopic (exact) mass is 430 g/mol. The number of sulfonamides is 2. The Kier molecular flexibility index (Phi) is 6.04. The summed E-state index contributed by atoms with van der Waals surface area (Å²) < 4.78 is 62.2. The first kappa shape index (κ1) is 21.3. The van der Waals surface area contributed by atoms with Crippen molar-refractivity contribution in [3.8, 4) is 11.5 Å². The van der Waals surface area contributed by atoms with Gasteiger partial charge in [-0.2, -0.15) is 0 Å². The van der Waals surface area contributed by atoms with Gasteiger partial charge in [0.25, 0.3) is 10.0 Å². The van der Waals surface area contributed by atoms with E-state index in [1.54, 1.807) is 0 Å². The van der Waals surface area contributed by atoms with E-state index < -0.39 is 31.8 Å². The topological polar surface area (TPSA) is 148 Å². The van der Waals surface area contributed by atoms with Crippen LogP contribution < -0.4 is 14.2 Å². The average molecular weight is 430 g/mol. The van der Waals surface area contributed by atoms with Crippen molar-refractivity contribution in [1.82, 2.24) is 0 Å². The zero-order valence-electron chi connectivity index (χ0n) is 15.1. The molecule has 0 saturated heterocycles. The number of nitrogens with one attached hydrogen (secondary N) is 2. The Labute approximate surface area is 162 Å². The maximum absolute atomic E-state index is 12.6. The lowest BCUT2D eigenvalue weighted by atomic mass is 10.2. The number of phenols is 1. The molecule has 3 N–H and O–H groups in total. The van der Waals surface area contributed by atoms with Crippen LogP contribution >= 0.6 is 0 Å². The minimum absolute atomic E-state index is 0.0335. The van der Waals surface area contributed by atoms with Crippen molar-refractivity contribution in [1.29, 1.82) is 0 Å². The van der Waals surface area contributed by atoms with Gasteiger partial charge in [0.15, 0.2) is 0 Å². The van der Waals surface area contributed by atoms with Crippen LogP contribution in [0.5, 0.6) is 11.5 Å². The summed E-state index contributed by atoms with van der Waals surface area (Å²) in [7, 11) is -5.37. The molecule has 0 aliphatic carbocycles. The summed E-state index contributed by atoms with van der Waals surface area (Å²) in [6.45, 7) is 0. The van der Waals surface area contributed by atoms with Crippen molar-refractivity contribution in [2.24, 2.45) is 0 Å². The molecular weight excluding hydrogens is 412 g/mol. The van der Waals surface area contributed by atoms with Gasteiger partial charge in [0.1, 0.15) is 17.1 Å². The van der Waals surface area contributed by atoms with Gasteiger partial charge in [-0.15, -0.1) is 0 Å². The van der Waals surface area contributed by atoms with Crippen LogP contribution in [0, 0.1) is 0 Å². The third-order valence-corrected chi connectivity index (χ3v) is 5.40. The number of methoxy groups -OCH3 is 2. The van der Waals surface area contributed by atoms with Gasteiger partial charge in [-0.1, -0.05) is 0 Å². The standard InChI is InChI=1S/C16H18N2O8S2/c1-25-15-7-4-10(8-13(15)18-27(3,21)22)17-28(23,24)11-5-6-14(19)12(9-11)16(20)26-2/h4-9,17-19H,1-3H3. The predicted molar refractivity (Wildman–Crippen MR) is 102 cm³/mol. The summed E-state index contributed by atoms with van der Waals surface area (Å²) in [5, 5.41) is 9.70. The lowest BCUT2D eigenvalue weighted by molar-refractivity contribution is 0.0597. The van der Waals surface area contributed by atoms with E-state index >= 15 is 0 Å². The SMILES string of the molecule is COC(=O)c1cc(S(=O)(=O)Nc2ccc(OC)c(NS(C)(=O)=O)c2)ccc1O. The summed E-state index contributed by atoms with van der Waals surface area (Å²) >= 11 is 0. The van der Waals surface area contributed by atoms with Crippen molar-refractivity contribution in [3.05, 3.63) is 42.0 Å². The summed E-state index contributed by atoms with van der Waals surface area (Å²) in [5.74, 6) is -1.15. The maximum Gasteiger partial charge on any atom is 0.341 e. The van der Waals surface area contributed by atoms with Crippen LogP contribution in [0.25, 0.3) is 0 Å². The number of ether oxygens (including phenoxy) is 2. The molecule has 0 atom stereocenters. The van der Waals surface area contributed by atoms with E-state index in [-0.39, 0.29) is 27.6 Å². The van der Waals surface area contributed by atoms with Crippen molar-refractivity contribution >= 4 is 37.4 Å². The van der Waals surface area contributed by atoms with E-state index in [9.17, 15) is 26.7 Å². The molecule has 0 aromatic heterocycles. The first-order valence-corrected chi connectivity index (χ1v) is 10.9. The lowest BCUT2D eigenvalue weighted by Crippen LogP contribution is -2.15. The number of anilines is 2. The third-order valence-electron chi connectivity index (χ3n) is 3.43. The molecular formula is C16H18N2O8S2. The molecule has 0 radical (unpaired) electrons. The first-order valence-electron chi connectivity index (χ1n) is 7.57. The molecule has 0 bridgehead atoms. The Morgan fingerprint density at radius 1 is 1.00 bits per heavy atom. The molecule has 0 amide bonds. The number of rotatable bonds is 7. The summed E-state index contributed by atoms with van der Waals surface area (Å²) in [4.78, 5) is 11.3. The number of carbonyl (C=O) groups excluding carboxylic acids is 1. The minimum Gasteiger partial charge on any atom is -0.507 e. The van der Waals surface area contributed by atoms with Crippen LogP contribution in [0.4, 0.5) is 11.4 Å². The molecule has 0 fully saturated rings. The number of benzene rings is 2. The van der Waals surface area contributed by atoms with E-state index in [0.717, 1.165) is 31.6 Å². The fourth-order valence-corrected chi connectivity index (χ4v) is 3.86. The highest BCUT2D eigenvalue weighted by molar-refractivity contribution is 7.92. The second-order valence-electron chi connectivity index (χ2n) is 5.57. The number of esters is 1. The Hall–Kier alpha value is -2.99. The van der Waals surface area contributed by atoms with Crippen LogP contribution in [0.2, 0.25) is 0 Å². The van der Waals surface area contributed by atoms with Gasteiger partial charge in [0, 0.05) is 0 Å². The minimum atomic E-state index is -4.16. The number of aromatic hydroxyl groups is 1. The maximum atomic E-state index is 12.6. The van der Waals surface area contributed by atoms with Gasteiger partial charge < -0.3 is 14.6 Å². The number of hydrogen-bond donors (Lipinski definition) is 3. The molecule has 2 rings (SSSR count). The van der Waals surface area contributed by atoms with E-state index in [1.165, 1.54) is 25.3 Å². The van der Waals surface area contributed by atoms with E-state index in [1.807, 2.05) is 0 Å². The molecule has 2 aromatic rings. The molecule has 0 spiro atoms. The Bertz CT molecular complexity index is 1110. The number of carbonyl (C=O) groups is 1. The summed E-state index contributed by atoms with van der Waals surface area (Å²) in [6, 6.07) is 7.09. The summed E-state index contributed by atoms with van der Waals surface area (Å²) in [5.41, 5.74) is -0.245. The number of hydrogen-bond acceptors (Lipinski definition) is 8. The Balaban J connectivity index is 2.42. The van der Waals surface area contributed by atoms with Crippen LogP contribution in [-0.2, 0) is 24.8 Å². The van der Waals surface area contributed by atoms with Crippen LogP contribution in [0.3, 0.4) is 0 Å². The molecule has 0 aliphatic heterocycles.